The Kier molecular flexibility index (Phi) is 7.29. The van der Waals surface area contributed by atoms with E-state index in [-0.39, 0.29) is 29.8 Å². The zero-order chi connectivity index (χ0) is 27.7. The van der Waals surface area contributed by atoms with Gasteiger partial charge in [0, 0.05) is 30.8 Å². The predicted octanol–water partition coefficient (Wildman–Crippen LogP) is 6.41. The first kappa shape index (κ1) is 26.3. The Morgan fingerprint density at radius 1 is 1.08 bits per heavy atom. The summed E-state index contributed by atoms with van der Waals surface area (Å²) >= 11 is 0. The summed E-state index contributed by atoms with van der Waals surface area (Å²) in [5, 5.41) is 14.6. The smallest absolute Gasteiger partial charge is 0.357 e. The van der Waals surface area contributed by atoms with Gasteiger partial charge in [-0.15, -0.1) is 0 Å². The van der Waals surface area contributed by atoms with Crippen LogP contribution in [0.3, 0.4) is 0 Å². The number of benzene rings is 2. The molecule has 0 bridgehead atoms. The van der Waals surface area contributed by atoms with E-state index in [2.05, 4.69) is 16.0 Å². The zero-order valence-electron chi connectivity index (χ0n) is 22.1. The molecule has 3 heterocycles. The molecular formula is C30H29F2N5O2. The maximum absolute atomic E-state index is 14.2. The molecule has 4 aromatic rings. The number of pyridine rings is 1. The van der Waals surface area contributed by atoms with E-state index < -0.39 is 17.6 Å². The van der Waals surface area contributed by atoms with Gasteiger partial charge >= 0.3 is 5.97 Å². The average Bonchev–Trinajstić information content (AvgIpc) is 3.32. The first-order valence-electron chi connectivity index (χ1n) is 13.1. The maximum Gasteiger partial charge on any atom is 0.357 e. The molecule has 0 amide bonds. The monoisotopic (exact) mass is 529 g/mol. The Morgan fingerprint density at radius 2 is 1.74 bits per heavy atom. The summed E-state index contributed by atoms with van der Waals surface area (Å²) in [5.41, 5.74) is 3.87. The third-order valence-corrected chi connectivity index (χ3v) is 7.01. The van der Waals surface area contributed by atoms with Gasteiger partial charge in [-0.25, -0.2) is 23.2 Å². The molecule has 2 aromatic heterocycles. The molecule has 7 nitrogen and oxygen atoms in total. The highest BCUT2D eigenvalue weighted by atomic mass is 19.1. The van der Waals surface area contributed by atoms with Gasteiger partial charge in [0.25, 0.3) is 0 Å². The van der Waals surface area contributed by atoms with Gasteiger partial charge in [-0.1, -0.05) is 26.0 Å². The fourth-order valence-corrected chi connectivity index (χ4v) is 5.04. The van der Waals surface area contributed by atoms with Crippen LogP contribution >= 0.6 is 0 Å². The number of fused-ring (bicyclic) bond motifs is 1. The molecule has 200 valence electrons. The SMILES string of the molecule is CCOC(=O)c1cc(-c2ccc(N3CCC(C#N)CC3)cc2)c2c(C(C)C)nn(-c3cc(F)cc(F)c3)c2n1. The van der Waals surface area contributed by atoms with Crippen LogP contribution in [0.1, 0.15) is 55.7 Å². The molecule has 39 heavy (non-hydrogen) atoms. The normalized spacial score (nSPS) is 14.1. The number of halogens is 2. The van der Waals surface area contributed by atoms with Crippen molar-refractivity contribution >= 4 is 22.7 Å². The van der Waals surface area contributed by atoms with Crippen LogP contribution in [0, 0.1) is 28.9 Å². The van der Waals surface area contributed by atoms with Gasteiger partial charge in [-0.2, -0.15) is 10.4 Å². The van der Waals surface area contributed by atoms with E-state index in [1.807, 2.05) is 38.1 Å². The topological polar surface area (TPSA) is 84.0 Å². The second kappa shape index (κ2) is 10.8. The van der Waals surface area contributed by atoms with E-state index in [9.17, 15) is 18.8 Å². The van der Waals surface area contributed by atoms with Gasteiger partial charge in [0.1, 0.15) is 11.6 Å². The third-order valence-electron chi connectivity index (χ3n) is 7.01. The van der Waals surface area contributed by atoms with Gasteiger partial charge in [-0.05, 0) is 67.1 Å². The lowest BCUT2D eigenvalue weighted by atomic mass is 9.96. The minimum atomic E-state index is -0.740. The fourth-order valence-electron chi connectivity index (χ4n) is 5.04. The summed E-state index contributed by atoms with van der Waals surface area (Å²) in [6.45, 7) is 7.49. The number of rotatable bonds is 6. The Morgan fingerprint density at radius 3 is 2.33 bits per heavy atom. The minimum Gasteiger partial charge on any atom is -0.461 e. The van der Waals surface area contributed by atoms with E-state index in [1.54, 1.807) is 13.0 Å². The molecule has 0 unspecified atom stereocenters. The second-order valence-corrected chi connectivity index (χ2v) is 9.99. The van der Waals surface area contributed by atoms with Crippen LogP contribution in [-0.4, -0.2) is 40.4 Å². The standard InChI is InChI=1S/C30H29F2N5O2/c1-4-39-30(38)26-16-25(20-5-7-23(8-6-20)36-11-9-19(17-33)10-12-36)27-28(18(2)3)35-37(29(27)34-26)24-14-21(31)13-22(32)15-24/h5-8,13-16,18-19H,4,9-12H2,1-3H3. The van der Waals surface area contributed by atoms with Gasteiger partial charge < -0.3 is 9.64 Å². The molecule has 2 aromatic carbocycles. The van der Waals surface area contributed by atoms with Crippen molar-refractivity contribution in [1.82, 2.24) is 14.8 Å². The minimum absolute atomic E-state index is 0.0400. The van der Waals surface area contributed by atoms with Gasteiger partial charge in [0.15, 0.2) is 11.3 Å². The van der Waals surface area contributed by atoms with Crippen molar-refractivity contribution in [3.63, 3.8) is 0 Å². The first-order valence-corrected chi connectivity index (χ1v) is 13.1. The van der Waals surface area contributed by atoms with Gasteiger partial charge in [0.2, 0.25) is 0 Å². The Labute approximate surface area is 225 Å². The van der Waals surface area contributed by atoms with Crippen LogP contribution in [0.25, 0.3) is 27.8 Å². The van der Waals surface area contributed by atoms with Crippen molar-refractivity contribution in [2.75, 3.05) is 24.6 Å². The van der Waals surface area contributed by atoms with Crippen LogP contribution in [0.4, 0.5) is 14.5 Å². The summed E-state index contributed by atoms with van der Waals surface area (Å²) in [4.78, 5) is 19.7. The van der Waals surface area contributed by atoms with Crippen molar-refractivity contribution < 1.29 is 18.3 Å². The summed E-state index contributed by atoms with van der Waals surface area (Å²) in [7, 11) is 0. The maximum atomic E-state index is 14.2. The van der Waals surface area contributed by atoms with Crippen molar-refractivity contribution in [3.8, 4) is 22.9 Å². The van der Waals surface area contributed by atoms with E-state index in [0.717, 1.165) is 48.8 Å². The number of ether oxygens (including phenoxy) is 1. The van der Waals surface area contributed by atoms with Crippen LogP contribution in [0.2, 0.25) is 0 Å². The largest absolute Gasteiger partial charge is 0.461 e. The number of anilines is 1. The molecule has 1 saturated heterocycles. The number of aromatic nitrogens is 3. The molecule has 0 saturated carbocycles. The molecule has 5 rings (SSSR count). The average molecular weight is 530 g/mol. The Bertz CT molecular complexity index is 1550. The molecule has 0 radical (unpaired) electrons. The van der Waals surface area contributed by atoms with Crippen LogP contribution in [-0.2, 0) is 4.74 Å². The lowest BCUT2D eigenvalue weighted by Gasteiger charge is -2.31. The quantitative estimate of drug-likeness (QED) is 0.269. The highest BCUT2D eigenvalue weighted by Crippen LogP contribution is 2.37. The second-order valence-electron chi connectivity index (χ2n) is 9.99. The van der Waals surface area contributed by atoms with Crippen LogP contribution in [0.5, 0.6) is 0 Å². The number of carbonyl (C=O) groups excluding carboxylic acids is 1. The summed E-state index contributed by atoms with van der Waals surface area (Å²) < 4.78 is 35.0. The van der Waals surface area contributed by atoms with Crippen molar-refractivity contribution in [2.45, 2.75) is 39.5 Å². The molecule has 0 aliphatic carbocycles. The predicted molar refractivity (Wildman–Crippen MR) is 145 cm³/mol. The number of piperidine rings is 1. The first-order chi connectivity index (χ1) is 18.8. The third kappa shape index (κ3) is 5.19. The summed E-state index contributed by atoms with van der Waals surface area (Å²) in [6.07, 6.45) is 1.67. The van der Waals surface area contributed by atoms with E-state index >= 15 is 0 Å². The Balaban J connectivity index is 1.67. The molecule has 0 spiro atoms. The fraction of sp³-hybridized carbons (Fsp3) is 0.333. The number of carbonyl (C=O) groups is 1. The number of nitriles is 1. The molecule has 1 aliphatic heterocycles. The van der Waals surface area contributed by atoms with E-state index in [4.69, 9.17) is 9.84 Å². The molecule has 1 aliphatic rings. The lowest BCUT2D eigenvalue weighted by Crippen LogP contribution is -2.33. The van der Waals surface area contributed by atoms with Crippen molar-refractivity contribution in [3.05, 3.63) is 71.6 Å². The molecule has 0 N–H and O–H groups in total. The van der Waals surface area contributed by atoms with E-state index in [0.29, 0.717) is 16.7 Å². The van der Waals surface area contributed by atoms with E-state index in [1.165, 1.54) is 16.8 Å². The van der Waals surface area contributed by atoms with Gasteiger partial charge in [0.05, 0.1) is 29.4 Å². The molecule has 0 atom stereocenters. The van der Waals surface area contributed by atoms with Crippen molar-refractivity contribution in [2.24, 2.45) is 5.92 Å². The zero-order valence-corrected chi connectivity index (χ0v) is 22.1. The number of nitrogens with zero attached hydrogens (tertiary/aromatic N) is 5. The number of hydrogen-bond acceptors (Lipinski definition) is 6. The van der Waals surface area contributed by atoms with Crippen molar-refractivity contribution in [1.29, 1.82) is 5.26 Å². The summed E-state index contributed by atoms with van der Waals surface area (Å²) in [5.74, 6) is -2.01. The number of esters is 1. The van der Waals surface area contributed by atoms with Gasteiger partial charge in [-0.3, -0.25) is 0 Å². The van der Waals surface area contributed by atoms with Crippen LogP contribution in [0.15, 0.2) is 48.5 Å². The van der Waals surface area contributed by atoms with Crippen LogP contribution < -0.4 is 4.90 Å². The number of hydrogen-bond donors (Lipinski definition) is 0. The summed E-state index contributed by atoms with van der Waals surface area (Å²) in [6, 6.07) is 15.2. The molecule has 1 fully saturated rings. The Hall–Kier alpha value is -4.32. The highest BCUT2D eigenvalue weighted by molar-refractivity contribution is 6.00. The molecule has 9 heteroatoms. The lowest BCUT2D eigenvalue weighted by molar-refractivity contribution is 0.0520. The highest BCUT2D eigenvalue weighted by Gasteiger charge is 2.24. The molecular weight excluding hydrogens is 500 g/mol.